The summed E-state index contributed by atoms with van der Waals surface area (Å²) in [7, 11) is -3.65. The minimum atomic E-state index is -3.65. The van der Waals surface area contributed by atoms with Crippen molar-refractivity contribution in [3.63, 3.8) is 0 Å². The van der Waals surface area contributed by atoms with Crippen molar-refractivity contribution in [2.75, 3.05) is 18.4 Å². The first kappa shape index (κ1) is 19.5. The normalized spacial score (nSPS) is 17.6. The molecule has 1 unspecified atom stereocenters. The van der Waals surface area contributed by atoms with Gasteiger partial charge < -0.3 is 9.84 Å². The fourth-order valence-electron chi connectivity index (χ4n) is 3.63. The van der Waals surface area contributed by atoms with Crippen molar-refractivity contribution >= 4 is 21.7 Å². The van der Waals surface area contributed by atoms with E-state index in [1.807, 2.05) is 19.1 Å². The van der Waals surface area contributed by atoms with E-state index in [1.165, 1.54) is 4.31 Å². The molecule has 0 aliphatic carbocycles. The quantitative estimate of drug-likeness (QED) is 0.678. The number of aryl methyl sites for hydroxylation is 3. The average molecular weight is 414 g/mol. The highest BCUT2D eigenvalue weighted by atomic mass is 32.2. The fourth-order valence-corrected chi connectivity index (χ4v) is 5.42. The lowest BCUT2D eigenvalue weighted by Crippen LogP contribution is -2.29. The fraction of sp³-hybridized carbons (Fsp3) is 0.368. The number of hydrogen-bond acceptors (Lipinski definition) is 8. The number of pyridine rings is 1. The lowest BCUT2D eigenvalue weighted by atomic mass is 10.0. The molecule has 1 aliphatic rings. The van der Waals surface area contributed by atoms with Crippen molar-refractivity contribution in [3.8, 4) is 0 Å². The second-order valence-corrected chi connectivity index (χ2v) is 9.00. The maximum absolute atomic E-state index is 13.1. The summed E-state index contributed by atoms with van der Waals surface area (Å²) in [6, 6.07) is 5.59. The van der Waals surface area contributed by atoms with Crippen molar-refractivity contribution in [1.82, 2.24) is 24.4 Å². The van der Waals surface area contributed by atoms with Crippen LogP contribution in [0.4, 0.5) is 11.6 Å². The molecule has 0 spiro atoms. The third kappa shape index (κ3) is 3.85. The van der Waals surface area contributed by atoms with E-state index in [9.17, 15) is 8.42 Å². The molecular weight excluding hydrogens is 392 g/mol. The van der Waals surface area contributed by atoms with Crippen LogP contribution in [-0.2, 0) is 10.0 Å². The standard InChI is InChI=1S/C19H22N6O3S/c1-12-9-16(23-19-20-6-4-7-21-19)10-17(22-12)15-5-8-25(11-15)29(26,27)18-13(2)24-28-14(18)3/h4,6-7,9-10,15H,5,8,11H2,1-3H3,(H,20,21,22,23). The molecule has 1 saturated heterocycles. The molecule has 3 aromatic rings. The molecule has 4 rings (SSSR count). The Hall–Kier alpha value is -2.85. The third-order valence-electron chi connectivity index (χ3n) is 4.93. The molecule has 0 aromatic carbocycles. The summed E-state index contributed by atoms with van der Waals surface area (Å²) in [5.74, 6) is 0.814. The van der Waals surface area contributed by atoms with Crippen LogP contribution in [0.2, 0.25) is 0 Å². The largest absolute Gasteiger partial charge is 0.360 e. The van der Waals surface area contributed by atoms with Crippen LogP contribution in [0.15, 0.2) is 40.0 Å². The molecule has 0 radical (unpaired) electrons. The molecule has 1 N–H and O–H groups in total. The van der Waals surface area contributed by atoms with E-state index in [-0.39, 0.29) is 10.8 Å². The molecule has 3 aromatic heterocycles. The third-order valence-corrected chi connectivity index (χ3v) is 7.04. The molecule has 29 heavy (non-hydrogen) atoms. The summed E-state index contributed by atoms with van der Waals surface area (Å²) in [5, 5.41) is 6.95. The predicted octanol–water partition coefficient (Wildman–Crippen LogP) is 2.71. The van der Waals surface area contributed by atoms with Crippen molar-refractivity contribution in [2.45, 2.75) is 38.0 Å². The molecule has 4 heterocycles. The Morgan fingerprint density at radius 1 is 1.17 bits per heavy atom. The lowest BCUT2D eigenvalue weighted by molar-refractivity contribution is 0.389. The highest BCUT2D eigenvalue weighted by Gasteiger charge is 2.37. The van der Waals surface area contributed by atoms with E-state index in [1.54, 1.807) is 32.3 Å². The molecule has 1 atom stereocenters. The Balaban J connectivity index is 1.56. The minimum absolute atomic E-state index is 0.00221. The van der Waals surface area contributed by atoms with Crippen LogP contribution in [0.1, 0.15) is 35.2 Å². The van der Waals surface area contributed by atoms with Crippen molar-refractivity contribution in [1.29, 1.82) is 0 Å². The Labute approximate surface area is 169 Å². The monoisotopic (exact) mass is 414 g/mol. The maximum Gasteiger partial charge on any atom is 0.248 e. The SMILES string of the molecule is Cc1cc(Nc2ncccn2)cc(C2CCN(S(=O)(=O)c3c(C)noc3C)C2)n1. The first-order chi connectivity index (χ1) is 13.8. The Kier molecular flexibility index (Phi) is 5.05. The molecule has 0 amide bonds. The van der Waals surface area contributed by atoms with Gasteiger partial charge in [-0.2, -0.15) is 4.31 Å². The summed E-state index contributed by atoms with van der Waals surface area (Å²) in [5.41, 5.74) is 2.90. The Morgan fingerprint density at radius 3 is 2.62 bits per heavy atom. The van der Waals surface area contributed by atoms with Gasteiger partial charge in [0, 0.05) is 48.5 Å². The number of aromatic nitrogens is 4. The molecular formula is C19H22N6O3S. The van der Waals surface area contributed by atoms with E-state index in [0.717, 1.165) is 17.1 Å². The predicted molar refractivity (Wildman–Crippen MR) is 106 cm³/mol. The van der Waals surface area contributed by atoms with Gasteiger partial charge in [0.05, 0.1) is 0 Å². The van der Waals surface area contributed by atoms with Gasteiger partial charge in [0.15, 0.2) is 5.76 Å². The summed E-state index contributed by atoms with van der Waals surface area (Å²) in [4.78, 5) is 13.2. The van der Waals surface area contributed by atoms with E-state index in [0.29, 0.717) is 36.9 Å². The molecule has 10 heteroatoms. The molecule has 0 bridgehead atoms. The molecule has 9 nitrogen and oxygen atoms in total. The number of nitrogens with zero attached hydrogens (tertiary/aromatic N) is 5. The minimum Gasteiger partial charge on any atom is -0.360 e. The van der Waals surface area contributed by atoms with Gasteiger partial charge in [-0.15, -0.1) is 0 Å². The average Bonchev–Trinajstić information content (AvgIpc) is 3.30. The summed E-state index contributed by atoms with van der Waals surface area (Å²) in [6.45, 7) is 5.96. The lowest BCUT2D eigenvalue weighted by Gasteiger charge is -2.17. The molecule has 1 aliphatic heterocycles. The number of nitrogens with one attached hydrogen (secondary N) is 1. The number of rotatable bonds is 5. The van der Waals surface area contributed by atoms with Crippen LogP contribution < -0.4 is 5.32 Å². The van der Waals surface area contributed by atoms with Gasteiger partial charge in [0.25, 0.3) is 0 Å². The van der Waals surface area contributed by atoms with Crippen LogP contribution in [0.5, 0.6) is 0 Å². The smallest absolute Gasteiger partial charge is 0.248 e. The number of anilines is 2. The van der Waals surface area contributed by atoms with Crippen LogP contribution in [0.3, 0.4) is 0 Å². The van der Waals surface area contributed by atoms with Gasteiger partial charge in [-0.1, -0.05) is 5.16 Å². The van der Waals surface area contributed by atoms with Crippen LogP contribution in [0, 0.1) is 20.8 Å². The second-order valence-electron chi connectivity index (χ2n) is 7.12. The van der Waals surface area contributed by atoms with Crippen LogP contribution in [0.25, 0.3) is 0 Å². The highest BCUT2D eigenvalue weighted by Crippen LogP contribution is 2.33. The first-order valence-electron chi connectivity index (χ1n) is 9.30. The molecule has 0 saturated carbocycles. The van der Waals surface area contributed by atoms with Crippen LogP contribution >= 0.6 is 0 Å². The van der Waals surface area contributed by atoms with Gasteiger partial charge in [0.2, 0.25) is 16.0 Å². The van der Waals surface area contributed by atoms with Gasteiger partial charge in [-0.05, 0) is 45.4 Å². The van der Waals surface area contributed by atoms with E-state index >= 15 is 0 Å². The van der Waals surface area contributed by atoms with E-state index in [4.69, 9.17) is 4.52 Å². The van der Waals surface area contributed by atoms with Gasteiger partial charge >= 0.3 is 0 Å². The zero-order valence-corrected chi connectivity index (χ0v) is 17.3. The number of sulfonamides is 1. The van der Waals surface area contributed by atoms with Crippen molar-refractivity contribution in [3.05, 3.63) is 53.4 Å². The van der Waals surface area contributed by atoms with Crippen molar-refractivity contribution < 1.29 is 12.9 Å². The zero-order chi connectivity index (χ0) is 20.6. The summed E-state index contributed by atoms with van der Waals surface area (Å²) >= 11 is 0. The van der Waals surface area contributed by atoms with Crippen LogP contribution in [-0.4, -0.2) is 45.9 Å². The second kappa shape index (κ2) is 7.53. The van der Waals surface area contributed by atoms with Gasteiger partial charge in [-0.3, -0.25) is 4.98 Å². The Bertz CT molecular complexity index is 1110. The summed E-state index contributed by atoms with van der Waals surface area (Å²) < 4.78 is 32.7. The van der Waals surface area contributed by atoms with Gasteiger partial charge in [0.1, 0.15) is 10.6 Å². The van der Waals surface area contributed by atoms with E-state index < -0.39 is 10.0 Å². The zero-order valence-electron chi connectivity index (χ0n) is 16.5. The van der Waals surface area contributed by atoms with Crippen molar-refractivity contribution in [2.24, 2.45) is 0 Å². The maximum atomic E-state index is 13.1. The first-order valence-corrected chi connectivity index (χ1v) is 10.7. The Morgan fingerprint density at radius 2 is 1.93 bits per heavy atom. The highest BCUT2D eigenvalue weighted by molar-refractivity contribution is 7.89. The van der Waals surface area contributed by atoms with Gasteiger partial charge in [-0.25, -0.2) is 18.4 Å². The molecule has 1 fully saturated rings. The topological polar surface area (TPSA) is 114 Å². The molecule has 152 valence electrons. The summed E-state index contributed by atoms with van der Waals surface area (Å²) in [6.07, 6.45) is 4.03. The van der Waals surface area contributed by atoms with E-state index in [2.05, 4.69) is 25.4 Å². The number of hydrogen-bond donors (Lipinski definition) is 1.